The van der Waals surface area contributed by atoms with E-state index >= 15 is 4.39 Å². The molecule has 0 aliphatic carbocycles. The van der Waals surface area contributed by atoms with Crippen molar-refractivity contribution in [3.8, 4) is 17.3 Å². The first-order valence-electron chi connectivity index (χ1n) is 10.5. The topological polar surface area (TPSA) is 156 Å². The van der Waals surface area contributed by atoms with E-state index in [-0.39, 0.29) is 44.5 Å². The van der Waals surface area contributed by atoms with Crippen LogP contribution < -0.4 is 16.9 Å². The highest BCUT2D eigenvalue weighted by molar-refractivity contribution is 7.60. The second kappa shape index (κ2) is 10.8. The number of nitriles is 1. The van der Waals surface area contributed by atoms with Crippen molar-refractivity contribution in [2.45, 2.75) is 19.9 Å². The van der Waals surface area contributed by atoms with E-state index in [4.69, 9.17) is 11.6 Å². The van der Waals surface area contributed by atoms with Crippen LogP contribution in [0.4, 0.5) is 14.5 Å². The van der Waals surface area contributed by atoms with Gasteiger partial charge in [0.15, 0.2) is 11.3 Å². The van der Waals surface area contributed by atoms with Crippen molar-refractivity contribution in [1.82, 2.24) is 21.1 Å². The Bertz CT molecular complexity index is 1580. The number of anilines is 1. The molecule has 2 atom stereocenters. The van der Waals surface area contributed by atoms with Gasteiger partial charge in [-0.1, -0.05) is 11.6 Å². The van der Waals surface area contributed by atoms with Crippen LogP contribution in [0.25, 0.3) is 22.3 Å². The maximum absolute atomic E-state index is 15.0. The molecule has 0 radical (unpaired) electrons. The van der Waals surface area contributed by atoms with E-state index < -0.39 is 25.3 Å². The Morgan fingerprint density at radius 3 is 2.54 bits per heavy atom. The maximum atomic E-state index is 15.0. The molecule has 13 heteroatoms. The number of nitrogens with zero attached hydrogens (tertiary/aromatic N) is 4. The molecule has 0 aliphatic rings. The number of rotatable bonds is 6. The van der Waals surface area contributed by atoms with Gasteiger partial charge in [-0.25, -0.2) is 23.7 Å². The number of halogens is 3. The highest BCUT2D eigenvalue weighted by atomic mass is 35.5. The summed E-state index contributed by atoms with van der Waals surface area (Å²) < 4.78 is 46.1. The second-order valence-electron chi connectivity index (χ2n) is 7.89. The fourth-order valence-corrected chi connectivity index (χ4v) is 4.46. The first kappa shape index (κ1) is 28.1. The summed E-state index contributed by atoms with van der Waals surface area (Å²) in [6, 6.07) is 9.19. The fourth-order valence-electron chi connectivity index (χ4n) is 3.62. The number of hydrogen-bond acceptors (Lipinski definition) is 8. The third-order valence-corrected chi connectivity index (χ3v) is 7.33. The van der Waals surface area contributed by atoms with Crippen LogP contribution in [0.5, 0.6) is 0 Å². The van der Waals surface area contributed by atoms with Crippen LogP contribution in [0.1, 0.15) is 29.8 Å². The maximum Gasteiger partial charge on any atom is 0.376 e. The van der Waals surface area contributed by atoms with Crippen LogP contribution in [0, 0.1) is 29.9 Å². The van der Waals surface area contributed by atoms with Crippen LogP contribution in [-0.4, -0.2) is 27.0 Å². The van der Waals surface area contributed by atoms with Gasteiger partial charge >= 0.3 is 7.60 Å². The highest BCUT2D eigenvalue weighted by Crippen LogP contribution is 2.39. The molecule has 4 aromatic rings. The van der Waals surface area contributed by atoms with Crippen LogP contribution in [-0.2, 0) is 9.09 Å². The third-order valence-electron chi connectivity index (χ3n) is 5.53. The van der Waals surface area contributed by atoms with Crippen molar-refractivity contribution in [2.75, 3.05) is 12.4 Å². The van der Waals surface area contributed by atoms with Crippen molar-refractivity contribution < 1.29 is 22.8 Å². The van der Waals surface area contributed by atoms with Gasteiger partial charge in [0, 0.05) is 30.5 Å². The molecule has 1 aromatic carbocycles. The van der Waals surface area contributed by atoms with Gasteiger partial charge in [0.2, 0.25) is 0 Å². The van der Waals surface area contributed by atoms with E-state index in [1.54, 1.807) is 13.8 Å². The molecule has 0 spiro atoms. The van der Waals surface area contributed by atoms with Crippen LogP contribution >= 0.6 is 19.2 Å². The van der Waals surface area contributed by atoms with Gasteiger partial charge in [0.05, 0.1) is 39.6 Å². The second-order valence-corrected chi connectivity index (χ2v) is 10.1. The molecule has 0 fully saturated rings. The van der Waals surface area contributed by atoms with Crippen molar-refractivity contribution in [1.29, 1.82) is 5.26 Å². The van der Waals surface area contributed by atoms with E-state index in [0.29, 0.717) is 16.9 Å². The molecular formula is C24H22ClF2N6O3P. The monoisotopic (exact) mass is 546 g/mol. The Kier molecular flexibility index (Phi) is 8.22. The van der Waals surface area contributed by atoms with Gasteiger partial charge in [-0.15, -0.1) is 0 Å². The summed E-state index contributed by atoms with van der Waals surface area (Å²) in [6.45, 7) is 3.33. The number of fused-ring (bicyclic) bond motifs is 1. The molecule has 0 aliphatic heterocycles. The molecule has 0 bridgehead atoms. The number of aryl methyl sites for hydroxylation is 1. The molecule has 0 saturated heterocycles. The van der Waals surface area contributed by atoms with E-state index in [1.165, 1.54) is 42.6 Å². The molecular weight excluding hydrogens is 525 g/mol. The Morgan fingerprint density at radius 1 is 1.19 bits per heavy atom. The molecule has 192 valence electrons. The summed E-state index contributed by atoms with van der Waals surface area (Å²) >= 11 is 6.54. The average molecular weight is 547 g/mol. The summed E-state index contributed by atoms with van der Waals surface area (Å²) in [5, 5.41) is 12.5. The summed E-state index contributed by atoms with van der Waals surface area (Å²) in [5.41, 5.74) is 1.61. The summed E-state index contributed by atoms with van der Waals surface area (Å²) in [5.74, 6) is -1.21. The van der Waals surface area contributed by atoms with E-state index in [1.807, 2.05) is 6.07 Å². The van der Waals surface area contributed by atoms with E-state index in [0.717, 1.165) is 7.11 Å². The number of nitrogens with one attached hydrogen (secondary N) is 1. The van der Waals surface area contributed by atoms with Crippen LogP contribution in [0.2, 0.25) is 5.02 Å². The lowest BCUT2D eigenvalue weighted by Crippen LogP contribution is -2.12. The SMILES string of the molecule is COP(=O)(O)c1ccc(-c2nc3c(NC(C)c4cc(C#N)ccc4F)c(Cl)c(C)nc3cc2F)cn1.N. The number of aromatic nitrogens is 3. The Balaban J connectivity index is 0.00000380. The predicted octanol–water partition coefficient (Wildman–Crippen LogP) is 5.60. The Labute approximate surface area is 216 Å². The normalized spacial score (nSPS) is 13.4. The van der Waals surface area contributed by atoms with Gasteiger partial charge < -0.3 is 20.9 Å². The lowest BCUT2D eigenvalue weighted by atomic mass is 10.0. The number of pyridine rings is 3. The minimum Gasteiger partial charge on any atom is -0.375 e. The number of benzene rings is 1. The van der Waals surface area contributed by atoms with E-state index in [9.17, 15) is 19.1 Å². The first-order valence-corrected chi connectivity index (χ1v) is 12.5. The minimum atomic E-state index is -4.08. The largest absolute Gasteiger partial charge is 0.376 e. The summed E-state index contributed by atoms with van der Waals surface area (Å²) in [4.78, 5) is 22.4. The molecule has 0 amide bonds. The van der Waals surface area contributed by atoms with Crippen LogP contribution in [0.3, 0.4) is 0 Å². The third kappa shape index (κ3) is 5.44. The molecule has 0 saturated carbocycles. The highest BCUT2D eigenvalue weighted by Gasteiger charge is 2.24. The molecule has 2 unspecified atom stereocenters. The van der Waals surface area contributed by atoms with Gasteiger partial charge in [-0.2, -0.15) is 5.26 Å². The van der Waals surface area contributed by atoms with Crippen LogP contribution in [0.15, 0.2) is 42.6 Å². The zero-order chi connectivity index (χ0) is 26.2. The molecule has 4 rings (SSSR count). The Hall–Kier alpha value is -3.52. The zero-order valence-electron chi connectivity index (χ0n) is 20.0. The van der Waals surface area contributed by atoms with Crippen molar-refractivity contribution in [3.05, 3.63) is 76.1 Å². The molecule has 3 heterocycles. The first-order chi connectivity index (χ1) is 17.1. The van der Waals surface area contributed by atoms with Gasteiger partial charge in [-0.05, 0) is 44.2 Å². The van der Waals surface area contributed by atoms with E-state index in [2.05, 4.69) is 24.8 Å². The fraction of sp³-hybridized carbons (Fsp3) is 0.167. The molecule has 9 nitrogen and oxygen atoms in total. The minimum absolute atomic E-state index is 0. The lowest BCUT2D eigenvalue weighted by Gasteiger charge is -2.20. The van der Waals surface area contributed by atoms with Crippen molar-refractivity contribution >= 4 is 41.4 Å². The number of hydrogen-bond donors (Lipinski definition) is 3. The van der Waals surface area contributed by atoms with Gasteiger partial charge in [0.25, 0.3) is 0 Å². The zero-order valence-corrected chi connectivity index (χ0v) is 21.6. The quantitative estimate of drug-likeness (QED) is 0.262. The smallest absolute Gasteiger partial charge is 0.375 e. The molecule has 3 aromatic heterocycles. The molecule has 5 N–H and O–H groups in total. The summed E-state index contributed by atoms with van der Waals surface area (Å²) in [7, 11) is -3.00. The standard InChI is InChI=1S/C24H19ClF2N5O3P.H3N/c1-12(16-8-14(10-28)4-6-17(16)26)31-24-21(25)13(2)30-19-9-18(27)22(32-23(19)24)15-5-7-20(29-11-15)36(33,34)35-3;/h4-9,11-12H,1-3H3,(H,30,31)(H,33,34);1H3. The molecule has 37 heavy (non-hydrogen) atoms. The Morgan fingerprint density at radius 2 is 1.92 bits per heavy atom. The summed E-state index contributed by atoms with van der Waals surface area (Å²) in [6.07, 6.45) is 1.20. The van der Waals surface area contributed by atoms with Gasteiger partial charge in [0.1, 0.15) is 17.0 Å². The van der Waals surface area contributed by atoms with Gasteiger partial charge in [-0.3, -0.25) is 4.57 Å². The average Bonchev–Trinajstić information content (AvgIpc) is 2.86. The van der Waals surface area contributed by atoms with Crippen molar-refractivity contribution in [2.24, 2.45) is 0 Å². The predicted molar refractivity (Wildman–Crippen MR) is 137 cm³/mol. The lowest BCUT2D eigenvalue weighted by molar-refractivity contribution is 0.327. The van der Waals surface area contributed by atoms with Crippen molar-refractivity contribution in [3.63, 3.8) is 0 Å².